The van der Waals surface area contributed by atoms with E-state index in [9.17, 15) is 29.7 Å². The van der Waals surface area contributed by atoms with E-state index in [2.05, 4.69) is 0 Å². The third kappa shape index (κ3) is 3.28. The zero-order valence-electron chi connectivity index (χ0n) is 15.4. The van der Waals surface area contributed by atoms with Crippen LogP contribution in [0.15, 0.2) is 35.1 Å². The number of hydrogen-bond donors (Lipinski definition) is 3. The number of rotatable bonds is 3. The molecule has 6 atom stereocenters. The molecule has 2 fully saturated rings. The van der Waals surface area contributed by atoms with E-state index >= 15 is 0 Å². The largest absolute Gasteiger partial charge is 0.489 e. The molecule has 1 aliphatic heterocycles. The monoisotopic (exact) mass is 388 g/mol. The Labute approximate surface area is 162 Å². The maximum absolute atomic E-state index is 12.0. The Morgan fingerprint density at radius 3 is 2.43 bits per heavy atom. The lowest BCUT2D eigenvalue weighted by molar-refractivity contribution is -0.150. The molecule has 0 aromatic heterocycles. The summed E-state index contributed by atoms with van der Waals surface area (Å²) < 4.78 is 6.04. The Morgan fingerprint density at radius 1 is 0.964 bits per heavy atom. The molecule has 28 heavy (non-hydrogen) atoms. The predicted molar refractivity (Wildman–Crippen MR) is 97.1 cm³/mol. The van der Waals surface area contributed by atoms with Crippen LogP contribution in [0.4, 0.5) is 0 Å². The van der Waals surface area contributed by atoms with Crippen LogP contribution in [0.5, 0.6) is 0 Å². The summed E-state index contributed by atoms with van der Waals surface area (Å²) in [6.07, 6.45) is 6.58. The fraction of sp³-hybridized carbons (Fsp3) is 0.571. The molecule has 0 bridgehead atoms. The van der Waals surface area contributed by atoms with Gasteiger partial charge in [-0.25, -0.2) is 0 Å². The number of fused-ring (bicyclic) bond motifs is 2. The highest BCUT2D eigenvalue weighted by molar-refractivity contribution is 6.02. The summed E-state index contributed by atoms with van der Waals surface area (Å²) in [4.78, 5) is 35.3. The van der Waals surface area contributed by atoms with E-state index in [0.717, 1.165) is 11.1 Å². The summed E-state index contributed by atoms with van der Waals surface area (Å²) in [5, 5.41) is 29.3. The molecule has 0 aromatic rings. The van der Waals surface area contributed by atoms with Crippen molar-refractivity contribution < 1.29 is 34.4 Å². The van der Waals surface area contributed by atoms with Gasteiger partial charge in [0.25, 0.3) is 0 Å². The number of hydrogen-bond acceptors (Lipinski definition) is 5. The van der Waals surface area contributed by atoms with Gasteiger partial charge < -0.3 is 20.1 Å². The molecule has 0 spiro atoms. The van der Waals surface area contributed by atoms with E-state index in [1.165, 1.54) is 12.2 Å². The van der Waals surface area contributed by atoms with Crippen LogP contribution in [0.3, 0.4) is 0 Å². The molecular formula is C21H24O7. The molecule has 6 unspecified atom stereocenters. The molecule has 0 saturated heterocycles. The number of carboxylic acid groups (broad SMARTS) is 2. The molecule has 7 nitrogen and oxygen atoms in total. The first-order chi connectivity index (χ1) is 13.3. The van der Waals surface area contributed by atoms with Crippen molar-refractivity contribution in [3.05, 3.63) is 35.1 Å². The number of allylic oxidation sites excluding steroid dienone is 3. The molecule has 3 aliphatic carbocycles. The number of aliphatic hydroxyl groups excluding tert-OH is 1. The number of carboxylic acids is 2. The predicted octanol–water partition coefficient (Wildman–Crippen LogP) is 2.07. The summed E-state index contributed by atoms with van der Waals surface area (Å²) in [6, 6.07) is 0. The molecule has 0 amide bonds. The second kappa shape index (κ2) is 7.20. The molecule has 4 aliphatic rings. The fourth-order valence-electron chi connectivity index (χ4n) is 5.31. The second-order valence-electron chi connectivity index (χ2n) is 8.24. The van der Waals surface area contributed by atoms with Crippen molar-refractivity contribution in [1.82, 2.24) is 0 Å². The van der Waals surface area contributed by atoms with Gasteiger partial charge in [-0.05, 0) is 55.7 Å². The van der Waals surface area contributed by atoms with Crippen LogP contribution >= 0.6 is 0 Å². The first-order valence-corrected chi connectivity index (χ1v) is 9.83. The van der Waals surface area contributed by atoms with Crippen molar-refractivity contribution >= 4 is 17.7 Å². The van der Waals surface area contributed by atoms with Gasteiger partial charge in [0.1, 0.15) is 11.9 Å². The van der Waals surface area contributed by atoms with Gasteiger partial charge in [-0.1, -0.05) is 0 Å². The normalized spacial score (nSPS) is 37.5. The Morgan fingerprint density at radius 2 is 1.71 bits per heavy atom. The summed E-state index contributed by atoms with van der Waals surface area (Å²) in [5.41, 5.74) is 1.73. The topological polar surface area (TPSA) is 121 Å². The lowest BCUT2D eigenvalue weighted by Crippen LogP contribution is -2.44. The number of carbonyl (C=O) groups is 3. The summed E-state index contributed by atoms with van der Waals surface area (Å²) >= 11 is 0. The van der Waals surface area contributed by atoms with E-state index in [0.29, 0.717) is 37.9 Å². The van der Waals surface area contributed by atoms with Gasteiger partial charge in [-0.15, -0.1) is 0 Å². The van der Waals surface area contributed by atoms with E-state index < -0.39 is 29.9 Å². The molecule has 4 rings (SSSR count). The van der Waals surface area contributed by atoms with Crippen LogP contribution in [-0.4, -0.2) is 45.2 Å². The minimum absolute atomic E-state index is 0.0263. The SMILES string of the molecule is O=C1C=CC2=C(C3CCC(C(=O)O)CC3C(=O)O)C3CCC(O)CC3OC2=C1. The maximum atomic E-state index is 12.0. The van der Waals surface area contributed by atoms with Gasteiger partial charge in [0, 0.05) is 24.0 Å². The first kappa shape index (κ1) is 18.9. The van der Waals surface area contributed by atoms with Gasteiger partial charge >= 0.3 is 11.9 Å². The van der Waals surface area contributed by atoms with Crippen molar-refractivity contribution in [2.75, 3.05) is 0 Å². The van der Waals surface area contributed by atoms with E-state index in [1.54, 1.807) is 6.08 Å². The molecular weight excluding hydrogens is 364 g/mol. The number of aliphatic hydroxyl groups is 1. The van der Waals surface area contributed by atoms with Gasteiger partial charge in [0.15, 0.2) is 5.78 Å². The minimum atomic E-state index is -0.982. The van der Waals surface area contributed by atoms with Crippen molar-refractivity contribution in [3.63, 3.8) is 0 Å². The molecule has 3 N–H and O–H groups in total. The molecule has 1 heterocycles. The lowest BCUT2D eigenvalue weighted by Gasteiger charge is -2.46. The van der Waals surface area contributed by atoms with Crippen LogP contribution in [0.1, 0.15) is 38.5 Å². The highest BCUT2D eigenvalue weighted by Gasteiger charge is 2.47. The third-order valence-electron chi connectivity index (χ3n) is 6.62. The zero-order chi connectivity index (χ0) is 20.0. The second-order valence-corrected chi connectivity index (χ2v) is 8.24. The van der Waals surface area contributed by atoms with E-state index in [4.69, 9.17) is 4.74 Å². The maximum Gasteiger partial charge on any atom is 0.307 e. The quantitative estimate of drug-likeness (QED) is 0.677. The Hall–Kier alpha value is -2.41. The molecule has 150 valence electrons. The average molecular weight is 388 g/mol. The van der Waals surface area contributed by atoms with Gasteiger partial charge in [0.05, 0.1) is 17.9 Å². The summed E-state index contributed by atoms with van der Waals surface area (Å²) in [5.74, 6) is -3.42. The van der Waals surface area contributed by atoms with E-state index in [-0.39, 0.29) is 30.1 Å². The van der Waals surface area contributed by atoms with Gasteiger partial charge in [0.2, 0.25) is 0 Å². The molecule has 7 heteroatoms. The minimum Gasteiger partial charge on any atom is -0.489 e. The first-order valence-electron chi connectivity index (χ1n) is 9.83. The van der Waals surface area contributed by atoms with Crippen LogP contribution in [0.2, 0.25) is 0 Å². The fourth-order valence-corrected chi connectivity index (χ4v) is 5.31. The highest BCUT2D eigenvalue weighted by atomic mass is 16.5. The van der Waals surface area contributed by atoms with Crippen molar-refractivity contribution in [2.24, 2.45) is 23.7 Å². The molecule has 2 saturated carbocycles. The third-order valence-corrected chi connectivity index (χ3v) is 6.62. The van der Waals surface area contributed by atoms with Crippen LogP contribution in [-0.2, 0) is 19.1 Å². The van der Waals surface area contributed by atoms with Gasteiger partial charge in [-0.3, -0.25) is 14.4 Å². The summed E-state index contributed by atoms with van der Waals surface area (Å²) in [6.45, 7) is 0. The number of carbonyl (C=O) groups excluding carboxylic acids is 1. The van der Waals surface area contributed by atoms with Crippen LogP contribution in [0, 0.1) is 23.7 Å². The Kier molecular flexibility index (Phi) is 4.87. The number of ether oxygens (including phenoxy) is 1. The lowest BCUT2D eigenvalue weighted by atomic mass is 9.63. The highest BCUT2D eigenvalue weighted by Crippen LogP contribution is 2.50. The van der Waals surface area contributed by atoms with Gasteiger partial charge in [-0.2, -0.15) is 0 Å². The molecule has 0 aromatic carbocycles. The van der Waals surface area contributed by atoms with Crippen LogP contribution < -0.4 is 0 Å². The van der Waals surface area contributed by atoms with Crippen molar-refractivity contribution in [2.45, 2.75) is 50.7 Å². The average Bonchev–Trinajstić information content (AvgIpc) is 2.65. The smallest absolute Gasteiger partial charge is 0.307 e. The number of aliphatic carboxylic acids is 2. The number of ketones is 1. The Balaban J connectivity index is 1.76. The molecule has 0 radical (unpaired) electrons. The van der Waals surface area contributed by atoms with Crippen molar-refractivity contribution in [1.29, 1.82) is 0 Å². The van der Waals surface area contributed by atoms with Crippen molar-refractivity contribution in [3.8, 4) is 0 Å². The summed E-state index contributed by atoms with van der Waals surface area (Å²) in [7, 11) is 0. The van der Waals surface area contributed by atoms with E-state index in [1.807, 2.05) is 0 Å². The standard InChI is InChI=1S/C21H24O7/c22-11-2-5-14-17(8-11)28-18-9-12(23)3-6-15(18)19(14)13-4-1-10(20(24)25)7-16(13)21(26)27/h2,5,8,10,12-13,15-16,18,23H,1,3-4,6-7,9H2,(H,24,25)(H,26,27). The zero-order valence-corrected chi connectivity index (χ0v) is 15.4. The Bertz CT molecular complexity index is 806. The van der Waals surface area contributed by atoms with Crippen LogP contribution in [0.25, 0.3) is 0 Å².